The number of carbonyl (C=O) groups excluding carboxylic acids is 1. The van der Waals surface area contributed by atoms with Crippen LogP contribution < -0.4 is 4.74 Å². The Morgan fingerprint density at radius 1 is 1.00 bits per heavy atom. The van der Waals surface area contributed by atoms with Crippen molar-refractivity contribution in [2.45, 2.75) is 6.61 Å². The number of hydrogen-bond acceptors (Lipinski definition) is 5. The first-order valence-corrected chi connectivity index (χ1v) is 12.1. The maximum atomic E-state index is 13.1. The molecule has 1 saturated heterocycles. The number of amides is 1. The molecule has 2 heterocycles. The highest BCUT2D eigenvalue weighted by Crippen LogP contribution is 2.29. The average molecular weight is 491 g/mol. The lowest BCUT2D eigenvalue weighted by molar-refractivity contribution is -0.130. The van der Waals surface area contributed by atoms with Crippen LogP contribution in [0.2, 0.25) is 0 Å². The van der Waals surface area contributed by atoms with Gasteiger partial charge in [-0.05, 0) is 35.9 Å². The van der Waals surface area contributed by atoms with Crippen LogP contribution in [0.15, 0.2) is 96.7 Å². The van der Waals surface area contributed by atoms with Crippen molar-refractivity contribution in [1.82, 2.24) is 14.7 Å². The summed E-state index contributed by atoms with van der Waals surface area (Å²) in [6.45, 7) is 2.32. The Morgan fingerprint density at radius 3 is 2.46 bits per heavy atom. The molecule has 0 spiro atoms. The summed E-state index contributed by atoms with van der Waals surface area (Å²) in [5.41, 5.74) is 4.15. The van der Waals surface area contributed by atoms with Gasteiger partial charge in [-0.2, -0.15) is 10.4 Å². The first kappa shape index (κ1) is 24.0. The topological polar surface area (TPSA) is 80.4 Å². The Morgan fingerprint density at radius 2 is 1.73 bits per heavy atom. The number of ether oxygens (including phenoxy) is 2. The van der Waals surface area contributed by atoms with E-state index in [1.807, 2.05) is 91.1 Å². The normalized spacial score (nSPS) is 13.7. The fourth-order valence-electron chi connectivity index (χ4n) is 4.14. The SMILES string of the molecule is N#C/C(=C/c1cn(-c2ccccc2)nc1-c1cccc(OCc2ccccc2)c1)C(=O)N1CCOCC1. The molecule has 1 aromatic heterocycles. The molecule has 1 aliphatic rings. The van der Waals surface area contributed by atoms with Crippen molar-refractivity contribution >= 4 is 12.0 Å². The van der Waals surface area contributed by atoms with E-state index in [0.717, 1.165) is 16.8 Å². The lowest BCUT2D eigenvalue weighted by atomic mass is 10.1. The minimum atomic E-state index is -0.302. The minimum Gasteiger partial charge on any atom is -0.489 e. The second-order valence-electron chi connectivity index (χ2n) is 8.59. The summed E-state index contributed by atoms with van der Waals surface area (Å²) in [5.74, 6) is 0.402. The third-order valence-electron chi connectivity index (χ3n) is 6.07. The molecule has 7 heteroatoms. The van der Waals surface area contributed by atoms with Crippen LogP contribution >= 0.6 is 0 Å². The number of carbonyl (C=O) groups is 1. The molecule has 0 unspecified atom stereocenters. The molecule has 3 aromatic carbocycles. The molecule has 1 amide bonds. The zero-order valence-electron chi connectivity index (χ0n) is 20.3. The number of rotatable bonds is 7. The molecule has 0 atom stereocenters. The zero-order valence-corrected chi connectivity index (χ0v) is 20.3. The van der Waals surface area contributed by atoms with Crippen LogP contribution in [0, 0.1) is 11.3 Å². The van der Waals surface area contributed by atoms with Gasteiger partial charge in [-0.1, -0.05) is 60.7 Å². The number of nitrogens with zero attached hydrogens (tertiary/aromatic N) is 4. The molecule has 1 fully saturated rings. The highest BCUT2D eigenvalue weighted by Gasteiger charge is 2.22. The van der Waals surface area contributed by atoms with Crippen LogP contribution in [0.5, 0.6) is 5.75 Å². The number of aromatic nitrogens is 2. The van der Waals surface area contributed by atoms with Gasteiger partial charge in [0.2, 0.25) is 0 Å². The number of morpholine rings is 1. The maximum Gasteiger partial charge on any atom is 0.264 e. The molecule has 37 heavy (non-hydrogen) atoms. The number of hydrogen-bond donors (Lipinski definition) is 0. The van der Waals surface area contributed by atoms with Gasteiger partial charge in [-0.3, -0.25) is 4.79 Å². The number of para-hydroxylation sites is 1. The molecule has 5 rings (SSSR count). The molecule has 0 N–H and O–H groups in total. The summed E-state index contributed by atoms with van der Waals surface area (Å²) in [6.07, 6.45) is 3.46. The molecular weight excluding hydrogens is 464 g/mol. The lowest BCUT2D eigenvalue weighted by Crippen LogP contribution is -2.41. The van der Waals surface area contributed by atoms with Gasteiger partial charge in [0.15, 0.2) is 0 Å². The fourth-order valence-corrected chi connectivity index (χ4v) is 4.14. The third kappa shape index (κ3) is 5.77. The van der Waals surface area contributed by atoms with Crippen molar-refractivity contribution < 1.29 is 14.3 Å². The predicted octanol–water partition coefficient (Wildman–Crippen LogP) is 4.88. The van der Waals surface area contributed by atoms with Gasteiger partial charge in [0.25, 0.3) is 5.91 Å². The smallest absolute Gasteiger partial charge is 0.264 e. The fraction of sp³-hybridized carbons (Fsp3) is 0.167. The van der Waals surface area contributed by atoms with E-state index in [-0.39, 0.29) is 11.5 Å². The van der Waals surface area contributed by atoms with Crippen LogP contribution in [0.25, 0.3) is 23.0 Å². The highest BCUT2D eigenvalue weighted by atomic mass is 16.5. The van der Waals surface area contributed by atoms with E-state index in [1.165, 1.54) is 0 Å². The monoisotopic (exact) mass is 490 g/mol. The lowest BCUT2D eigenvalue weighted by Gasteiger charge is -2.26. The molecule has 184 valence electrons. The van der Waals surface area contributed by atoms with E-state index in [1.54, 1.807) is 15.7 Å². The predicted molar refractivity (Wildman–Crippen MR) is 141 cm³/mol. The van der Waals surface area contributed by atoms with Crippen molar-refractivity contribution in [3.8, 4) is 28.8 Å². The van der Waals surface area contributed by atoms with Crippen LogP contribution in [0.3, 0.4) is 0 Å². The summed E-state index contributed by atoms with van der Waals surface area (Å²) < 4.78 is 13.1. The molecule has 0 aliphatic carbocycles. The maximum absolute atomic E-state index is 13.1. The first-order chi connectivity index (χ1) is 18.2. The summed E-state index contributed by atoms with van der Waals surface area (Å²) in [7, 11) is 0. The highest BCUT2D eigenvalue weighted by molar-refractivity contribution is 6.02. The van der Waals surface area contributed by atoms with Gasteiger partial charge in [0.05, 0.1) is 18.9 Å². The summed E-state index contributed by atoms with van der Waals surface area (Å²) >= 11 is 0. The number of nitriles is 1. The molecule has 0 radical (unpaired) electrons. The average Bonchev–Trinajstić information content (AvgIpc) is 3.40. The molecule has 0 saturated carbocycles. The van der Waals surface area contributed by atoms with Crippen molar-refractivity contribution in [3.05, 3.63) is 108 Å². The van der Waals surface area contributed by atoms with Crippen molar-refractivity contribution in [3.63, 3.8) is 0 Å². The molecule has 7 nitrogen and oxygen atoms in total. The van der Waals surface area contributed by atoms with E-state index in [2.05, 4.69) is 6.07 Å². The van der Waals surface area contributed by atoms with Crippen molar-refractivity contribution in [1.29, 1.82) is 5.26 Å². The van der Waals surface area contributed by atoms with Gasteiger partial charge in [-0.15, -0.1) is 0 Å². The Labute approximate surface area is 215 Å². The van der Waals surface area contributed by atoms with Crippen LogP contribution in [-0.4, -0.2) is 46.9 Å². The van der Waals surface area contributed by atoms with Gasteiger partial charge >= 0.3 is 0 Å². The van der Waals surface area contributed by atoms with Gasteiger partial charge in [0.1, 0.15) is 29.7 Å². The first-order valence-electron chi connectivity index (χ1n) is 12.1. The molecule has 4 aromatic rings. The summed E-state index contributed by atoms with van der Waals surface area (Å²) in [6, 6.07) is 29.5. The van der Waals surface area contributed by atoms with Crippen LogP contribution in [0.4, 0.5) is 0 Å². The Bertz CT molecular complexity index is 1430. The standard InChI is InChI=1S/C30H26N4O3/c31-20-25(30(35)33-14-16-36-17-15-33)18-26-21-34(27-11-5-2-6-12-27)32-29(26)24-10-7-13-28(19-24)37-22-23-8-3-1-4-9-23/h1-13,18-19,21H,14-17,22H2/b25-18-. The molecule has 0 bridgehead atoms. The van der Waals surface area contributed by atoms with Crippen LogP contribution in [-0.2, 0) is 16.1 Å². The van der Waals surface area contributed by atoms with Gasteiger partial charge < -0.3 is 14.4 Å². The Kier molecular flexibility index (Phi) is 7.39. The second-order valence-corrected chi connectivity index (χ2v) is 8.59. The van der Waals surface area contributed by atoms with Crippen LogP contribution in [0.1, 0.15) is 11.1 Å². The summed E-state index contributed by atoms with van der Waals surface area (Å²) in [5, 5.41) is 14.7. The Hall–Kier alpha value is -4.67. The second kappa shape index (κ2) is 11.4. The van der Waals surface area contributed by atoms with Gasteiger partial charge in [-0.25, -0.2) is 4.68 Å². The van der Waals surface area contributed by atoms with E-state index < -0.39 is 0 Å². The van der Waals surface area contributed by atoms with E-state index in [9.17, 15) is 10.1 Å². The number of benzene rings is 3. The molecular formula is C30H26N4O3. The van der Waals surface area contributed by atoms with Crippen molar-refractivity contribution in [2.24, 2.45) is 0 Å². The third-order valence-corrected chi connectivity index (χ3v) is 6.07. The van der Waals surface area contributed by atoms with E-state index >= 15 is 0 Å². The van der Waals surface area contributed by atoms with E-state index in [0.29, 0.717) is 49.9 Å². The summed E-state index contributed by atoms with van der Waals surface area (Å²) in [4.78, 5) is 14.7. The zero-order chi connectivity index (χ0) is 25.5. The van der Waals surface area contributed by atoms with Gasteiger partial charge in [0, 0.05) is 30.4 Å². The van der Waals surface area contributed by atoms with E-state index in [4.69, 9.17) is 14.6 Å². The molecule has 1 aliphatic heterocycles. The largest absolute Gasteiger partial charge is 0.489 e. The quantitative estimate of drug-likeness (QED) is 0.272. The minimum absolute atomic E-state index is 0.0623. The Balaban J connectivity index is 1.50. The van der Waals surface area contributed by atoms with Crippen molar-refractivity contribution in [2.75, 3.05) is 26.3 Å².